The SMILES string of the molecule is COc1cc(/C=N/NC(=O)Cc2ccc(F)cc2)ccc1OS(=O)(=O)c1cc(C)ccc1C. The number of ether oxygens (including phenoxy) is 1. The lowest BCUT2D eigenvalue weighted by Gasteiger charge is -2.13. The number of nitrogens with one attached hydrogen (secondary N) is 1. The van der Waals surface area contributed by atoms with Gasteiger partial charge in [0.15, 0.2) is 11.5 Å². The topological polar surface area (TPSA) is 94.1 Å². The summed E-state index contributed by atoms with van der Waals surface area (Å²) >= 11 is 0. The van der Waals surface area contributed by atoms with Gasteiger partial charge in [0.1, 0.15) is 10.7 Å². The molecule has 0 saturated carbocycles. The van der Waals surface area contributed by atoms with E-state index >= 15 is 0 Å². The molecule has 3 rings (SSSR count). The molecule has 0 bridgehead atoms. The predicted molar refractivity (Wildman–Crippen MR) is 123 cm³/mol. The van der Waals surface area contributed by atoms with Crippen LogP contribution in [-0.4, -0.2) is 27.6 Å². The number of benzene rings is 3. The van der Waals surface area contributed by atoms with Crippen LogP contribution in [0, 0.1) is 19.7 Å². The third-order valence-electron chi connectivity index (χ3n) is 4.68. The molecule has 0 radical (unpaired) electrons. The molecule has 7 nitrogen and oxygen atoms in total. The summed E-state index contributed by atoms with van der Waals surface area (Å²) in [5.74, 6) is -0.536. The Balaban J connectivity index is 1.69. The maximum absolute atomic E-state index is 12.9. The van der Waals surface area contributed by atoms with E-state index in [1.165, 1.54) is 49.7 Å². The van der Waals surface area contributed by atoms with Crippen molar-refractivity contribution in [3.8, 4) is 11.5 Å². The Kier molecular flexibility index (Phi) is 7.44. The largest absolute Gasteiger partial charge is 0.493 e. The summed E-state index contributed by atoms with van der Waals surface area (Å²) in [6.07, 6.45) is 1.43. The van der Waals surface area contributed by atoms with Crippen LogP contribution in [0.1, 0.15) is 22.3 Å². The summed E-state index contributed by atoms with van der Waals surface area (Å²) in [7, 11) is -2.68. The van der Waals surface area contributed by atoms with Gasteiger partial charge in [-0.3, -0.25) is 4.79 Å². The summed E-state index contributed by atoms with van der Waals surface area (Å²) in [4.78, 5) is 12.1. The number of amides is 1. The van der Waals surface area contributed by atoms with Crippen molar-refractivity contribution in [2.45, 2.75) is 25.2 Å². The van der Waals surface area contributed by atoms with E-state index in [0.29, 0.717) is 16.7 Å². The van der Waals surface area contributed by atoms with Crippen molar-refractivity contribution in [2.75, 3.05) is 7.11 Å². The highest BCUT2D eigenvalue weighted by Gasteiger charge is 2.21. The fraction of sp³-hybridized carbons (Fsp3) is 0.167. The summed E-state index contributed by atoms with van der Waals surface area (Å²) in [5.41, 5.74) is 4.95. The minimum atomic E-state index is -4.07. The molecule has 0 aromatic heterocycles. The van der Waals surface area contributed by atoms with Crippen LogP contribution in [0.25, 0.3) is 0 Å². The van der Waals surface area contributed by atoms with Crippen molar-refractivity contribution in [2.24, 2.45) is 5.10 Å². The molecule has 0 aliphatic carbocycles. The number of hydrogen-bond donors (Lipinski definition) is 1. The molecule has 0 unspecified atom stereocenters. The zero-order valence-corrected chi connectivity index (χ0v) is 19.1. The smallest absolute Gasteiger partial charge is 0.339 e. The number of halogens is 1. The molecular weight excluding hydrogens is 447 g/mol. The summed E-state index contributed by atoms with van der Waals surface area (Å²) in [5, 5.41) is 3.89. The van der Waals surface area contributed by atoms with E-state index in [4.69, 9.17) is 8.92 Å². The normalized spacial score (nSPS) is 11.4. The van der Waals surface area contributed by atoms with Crippen LogP contribution < -0.4 is 14.3 Å². The number of carbonyl (C=O) groups excluding carboxylic acids is 1. The third-order valence-corrected chi connectivity index (χ3v) is 6.06. The molecule has 0 atom stereocenters. The first-order chi connectivity index (χ1) is 15.7. The monoisotopic (exact) mass is 470 g/mol. The fourth-order valence-corrected chi connectivity index (χ4v) is 4.24. The predicted octanol–water partition coefficient (Wildman–Crippen LogP) is 3.91. The second-order valence-electron chi connectivity index (χ2n) is 7.31. The highest BCUT2D eigenvalue weighted by molar-refractivity contribution is 7.87. The second kappa shape index (κ2) is 10.3. The first-order valence-electron chi connectivity index (χ1n) is 9.94. The number of carbonyl (C=O) groups is 1. The lowest BCUT2D eigenvalue weighted by atomic mass is 10.1. The lowest BCUT2D eigenvalue weighted by Crippen LogP contribution is -2.19. The number of hydrogen-bond acceptors (Lipinski definition) is 6. The van der Waals surface area contributed by atoms with Crippen LogP contribution >= 0.6 is 0 Å². The Morgan fingerprint density at radius 2 is 1.76 bits per heavy atom. The summed E-state index contributed by atoms with van der Waals surface area (Å²) in [6, 6.07) is 15.2. The number of hydrazone groups is 1. The molecule has 0 spiro atoms. The maximum atomic E-state index is 12.9. The van der Waals surface area contributed by atoms with Crippen molar-refractivity contribution in [3.63, 3.8) is 0 Å². The highest BCUT2D eigenvalue weighted by atomic mass is 32.2. The Morgan fingerprint density at radius 1 is 1.03 bits per heavy atom. The van der Waals surface area contributed by atoms with Gasteiger partial charge in [-0.25, -0.2) is 9.82 Å². The van der Waals surface area contributed by atoms with Crippen LogP contribution in [0.3, 0.4) is 0 Å². The van der Waals surface area contributed by atoms with E-state index in [1.807, 2.05) is 6.07 Å². The van der Waals surface area contributed by atoms with Crippen molar-refractivity contribution in [3.05, 3.63) is 88.7 Å². The molecule has 0 saturated heterocycles. The minimum Gasteiger partial charge on any atom is -0.493 e. The lowest BCUT2D eigenvalue weighted by molar-refractivity contribution is -0.120. The van der Waals surface area contributed by atoms with E-state index in [1.54, 1.807) is 32.0 Å². The third kappa shape index (κ3) is 6.39. The molecule has 0 aliphatic rings. The van der Waals surface area contributed by atoms with Gasteiger partial charge in [-0.1, -0.05) is 24.3 Å². The zero-order chi connectivity index (χ0) is 24.0. The molecule has 3 aromatic carbocycles. The average molecular weight is 471 g/mol. The maximum Gasteiger partial charge on any atom is 0.339 e. The van der Waals surface area contributed by atoms with Gasteiger partial charge in [0, 0.05) is 0 Å². The van der Waals surface area contributed by atoms with E-state index in [-0.39, 0.29) is 34.5 Å². The van der Waals surface area contributed by atoms with Crippen LogP contribution in [-0.2, 0) is 21.3 Å². The average Bonchev–Trinajstić information content (AvgIpc) is 2.77. The molecule has 33 heavy (non-hydrogen) atoms. The fourth-order valence-electron chi connectivity index (χ4n) is 2.98. The second-order valence-corrected chi connectivity index (χ2v) is 8.83. The van der Waals surface area contributed by atoms with Crippen molar-refractivity contribution in [1.82, 2.24) is 5.43 Å². The number of rotatable bonds is 8. The number of aryl methyl sites for hydroxylation is 2. The van der Waals surface area contributed by atoms with Crippen molar-refractivity contribution < 1.29 is 26.5 Å². The molecule has 9 heteroatoms. The standard InChI is InChI=1S/C24H23FN2O5S/c1-16-4-5-17(2)23(12-16)33(29,30)32-21-11-8-19(13-22(21)31-3)15-26-27-24(28)14-18-6-9-20(25)10-7-18/h4-13,15H,14H2,1-3H3,(H,27,28)/b26-15+. The van der Waals surface area contributed by atoms with Crippen LogP contribution in [0.4, 0.5) is 4.39 Å². The van der Waals surface area contributed by atoms with Crippen molar-refractivity contribution >= 4 is 22.2 Å². The van der Waals surface area contributed by atoms with Gasteiger partial charge < -0.3 is 8.92 Å². The van der Waals surface area contributed by atoms with Crippen molar-refractivity contribution in [1.29, 1.82) is 0 Å². The Hall–Kier alpha value is -3.72. The summed E-state index contributed by atoms with van der Waals surface area (Å²) < 4.78 is 49.1. The van der Waals surface area contributed by atoms with Crippen LogP contribution in [0.2, 0.25) is 0 Å². The van der Waals surface area contributed by atoms with E-state index in [0.717, 1.165) is 5.56 Å². The van der Waals surface area contributed by atoms with E-state index in [9.17, 15) is 17.6 Å². The highest BCUT2D eigenvalue weighted by Crippen LogP contribution is 2.31. The molecule has 1 amide bonds. The molecule has 0 aliphatic heterocycles. The van der Waals surface area contributed by atoms with Gasteiger partial charge in [-0.15, -0.1) is 0 Å². The van der Waals surface area contributed by atoms with E-state index in [2.05, 4.69) is 10.5 Å². The van der Waals surface area contributed by atoms with Gasteiger partial charge in [-0.05, 0) is 72.5 Å². The molecular formula is C24H23FN2O5S. The first kappa shape index (κ1) is 23.9. The van der Waals surface area contributed by atoms with Crippen LogP contribution in [0.5, 0.6) is 11.5 Å². The molecule has 0 heterocycles. The van der Waals surface area contributed by atoms with Gasteiger partial charge in [0.25, 0.3) is 0 Å². The van der Waals surface area contributed by atoms with Gasteiger partial charge in [-0.2, -0.15) is 13.5 Å². The number of nitrogens with zero attached hydrogens (tertiary/aromatic N) is 1. The first-order valence-corrected chi connectivity index (χ1v) is 11.3. The zero-order valence-electron chi connectivity index (χ0n) is 18.3. The molecule has 1 N–H and O–H groups in total. The van der Waals surface area contributed by atoms with Crippen LogP contribution in [0.15, 0.2) is 70.7 Å². The van der Waals surface area contributed by atoms with E-state index < -0.39 is 10.1 Å². The van der Waals surface area contributed by atoms with Gasteiger partial charge in [0.2, 0.25) is 5.91 Å². The molecule has 0 fully saturated rings. The summed E-state index contributed by atoms with van der Waals surface area (Å²) in [6.45, 7) is 3.49. The van der Waals surface area contributed by atoms with Gasteiger partial charge in [0.05, 0.1) is 19.7 Å². The Morgan fingerprint density at radius 3 is 2.45 bits per heavy atom. The molecule has 172 valence electrons. The van der Waals surface area contributed by atoms with Gasteiger partial charge >= 0.3 is 10.1 Å². The minimum absolute atomic E-state index is 0.0240. The quantitative estimate of drug-likeness (QED) is 0.306. The Bertz CT molecular complexity index is 1290. The Labute approximate surface area is 192 Å². The molecule has 3 aromatic rings. The number of methoxy groups -OCH3 is 1.